The zero-order valence-electron chi connectivity index (χ0n) is 17.3. The predicted octanol–water partition coefficient (Wildman–Crippen LogP) is 3.66. The van der Waals surface area contributed by atoms with Gasteiger partial charge in [0.2, 0.25) is 0 Å². The highest BCUT2D eigenvalue weighted by Gasteiger charge is 2.37. The minimum absolute atomic E-state index is 0.0291. The monoisotopic (exact) mass is 423 g/mol. The molecule has 2 aromatic rings. The van der Waals surface area contributed by atoms with Crippen LogP contribution in [-0.4, -0.2) is 44.5 Å². The second kappa shape index (κ2) is 8.21. The highest BCUT2D eigenvalue weighted by Crippen LogP contribution is 2.49. The fourth-order valence-electron chi connectivity index (χ4n) is 4.23. The van der Waals surface area contributed by atoms with Gasteiger partial charge in [0.15, 0.2) is 5.78 Å². The molecule has 1 aromatic heterocycles. The zero-order valence-corrected chi connectivity index (χ0v) is 18.1. The molecule has 1 fully saturated rings. The molecule has 2 aliphatic rings. The summed E-state index contributed by atoms with van der Waals surface area (Å²) < 4.78 is 5.53. The molecule has 0 unspecified atom stereocenters. The summed E-state index contributed by atoms with van der Waals surface area (Å²) >= 11 is 1.58. The van der Waals surface area contributed by atoms with Crippen molar-refractivity contribution >= 4 is 28.0 Å². The van der Waals surface area contributed by atoms with Crippen molar-refractivity contribution in [1.82, 2.24) is 5.32 Å². The lowest BCUT2D eigenvalue weighted by atomic mass is 9.75. The van der Waals surface area contributed by atoms with Gasteiger partial charge in [0.05, 0.1) is 29.2 Å². The predicted molar refractivity (Wildman–Crippen MR) is 117 cm³/mol. The number of morpholine rings is 1. The van der Waals surface area contributed by atoms with Gasteiger partial charge in [0.1, 0.15) is 6.54 Å². The van der Waals surface area contributed by atoms with Gasteiger partial charge in [-0.25, -0.2) is 0 Å². The van der Waals surface area contributed by atoms with E-state index in [1.807, 2.05) is 24.3 Å². The van der Waals surface area contributed by atoms with Crippen LogP contribution in [0, 0.1) is 16.7 Å². The molecule has 1 N–H and O–H groups in total. The van der Waals surface area contributed by atoms with Gasteiger partial charge in [-0.1, -0.05) is 26.0 Å². The van der Waals surface area contributed by atoms with Crippen LogP contribution in [0.2, 0.25) is 0 Å². The SMILES string of the molecule is CC1(C)CC(=O)c2sc(N3CCOCC3)c(-c3cccc(C(=O)NCC#N)c3)c2C1. The maximum Gasteiger partial charge on any atom is 0.252 e. The fraction of sp³-hybridized carbons (Fsp3) is 0.435. The quantitative estimate of drug-likeness (QED) is 0.759. The second-order valence-electron chi connectivity index (χ2n) is 8.55. The molecule has 6 nitrogen and oxygen atoms in total. The Labute approximate surface area is 180 Å². The Bertz CT molecular complexity index is 1030. The van der Waals surface area contributed by atoms with Gasteiger partial charge in [-0.05, 0) is 35.1 Å². The molecule has 156 valence electrons. The van der Waals surface area contributed by atoms with Crippen LogP contribution in [0.15, 0.2) is 24.3 Å². The van der Waals surface area contributed by atoms with E-state index in [-0.39, 0.29) is 23.7 Å². The normalized spacial score (nSPS) is 17.9. The summed E-state index contributed by atoms with van der Waals surface area (Å²) in [7, 11) is 0. The van der Waals surface area contributed by atoms with E-state index < -0.39 is 0 Å². The van der Waals surface area contributed by atoms with Gasteiger partial charge < -0.3 is 15.0 Å². The van der Waals surface area contributed by atoms with Crippen molar-refractivity contribution in [1.29, 1.82) is 5.26 Å². The van der Waals surface area contributed by atoms with E-state index >= 15 is 0 Å². The minimum atomic E-state index is -0.271. The van der Waals surface area contributed by atoms with Crippen molar-refractivity contribution in [2.75, 3.05) is 37.7 Å². The van der Waals surface area contributed by atoms with Gasteiger partial charge >= 0.3 is 0 Å². The Morgan fingerprint density at radius 3 is 2.80 bits per heavy atom. The summed E-state index contributed by atoms with van der Waals surface area (Å²) in [6, 6.07) is 9.41. The van der Waals surface area contributed by atoms with Gasteiger partial charge in [-0.15, -0.1) is 11.3 Å². The van der Waals surface area contributed by atoms with E-state index in [9.17, 15) is 9.59 Å². The van der Waals surface area contributed by atoms with Crippen molar-refractivity contribution < 1.29 is 14.3 Å². The molecule has 1 aromatic carbocycles. The summed E-state index contributed by atoms with van der Waals surface area (Å²) in [4.78, 5) is 28.5. The molecule has 1 saturated heterocycles. The standard InChI is InChI=1S/C23H25N3O3S/c1-23(2)13-17-19(15-4-3-5-16(12-15)21(28)25-7-6-24)22(26-8-10-29-11-9-26)30-20(17)18(27)14-23/h3-5,12H,7-11,13-14H2,1-2H3,(H,25,28). The van der Waals surface area contributed by atoms with E-state index in [1.54, 1.807) is 17.4 Å². The first-order chi connectivity index (χ1) is 14.4. The van der Waals surface area contributed by atoms with Crippen molar-refractivity contribution in [3.8, 4) is 17.2 Å². The summed E-state index contributed by atoms with van der Waals surface area (Å²) in [6.07, 6.45) is 1.38. The number of hydrogen-bond donors (Lipinski definition) is 1. The average Bonchev–Trinajstić information content (AvgIpc) is 3.11. The lowest BCUT2D eigenvalue weighted by Crippen LogP contribution is -2.36. The van der Waals surface area contributed by atoms with Crippen molar-refractivity contribution in [3.63, 3.8) is 0 Å². The first kappa shape index (κ1) is 20.6. The van der Waals surface area contributed by atoms with Crippen LogP contribution in [0.25, 0.3) is 11.1 Å². The number of thiophene rings is 1. The second-order valence-corrected chi connectivity index (χ2v) is 9.55. The molecule has 30 heavy (non-hydrogen) atoms. The van der Waals surface area contributed by atoms with Crippen molar-refractivity contribution in [3.05, 3.63) is 40.3 Å². The Kier molecular flexibility index (Phi) is 5.63. The van der Waals surface area contributed by atoms with Crippen LogP contribution in [0.1, 0.15) is 45.9 Å². The number of Topliss-reactive ketones (excluding diaryl/α,β-unsaturated/α-hetero) is 1. The Morgan fingerprint density at radius 2 is 2.07 bits per heavy atom. The molecule has 0 atom stereocenters. The summed E-state index contributed by atoms with van der Waals surface area (Å²) in [6.45, 7) is 7.14. The largest absolute Gasteiger partial charge is 0.378 e. The number of anilines is 1. The molecular weight excluding hydrogens is 398 g/mol. The van der Waals surface area contributed by atoms with Gasteiger partial charge in [0.25, 0.3) is 5.91 Å². The number of ether oxygens (including phenoxy) is 1. The van der Waals surface area contributed by atoms with Crippen LogP contribution in [-0.2, 0) is 11.2 Å². The third-order valence-corrected chi connectivity index (χ3v) is 6.91. The first-order valence-electron chi connectivity index (χ1n) is 10.2. The number of nitrogens with zero attached hydrogens (tertiary/aromatic N) is 2. The van der Waals surface area contributed by atoms with Gasteiger partial charge in [-0.3, -0.25) is 9.59 Å². The number of hydrogen-bond acceptors (Lipinski definition) is 6. The highest BCUT2D eigenvalue weighted by atomic mass is 32.1. The highest BCUT2D eigenvalue weighted by molar-refractivity contribution is 7.19. The Hall–Kier alpha value is -2.69. The van der Waals surface area contributed by atoms with Gasteiger partial charge in [0, 0.05) is 30.6 Å². The minimum Gasteiger partial charge on any atom is -0.378 e. The maximum absolute atomic E-state index is 12.9. The third kappa shape index (κ3) is 3.98. The number of nitrogens with one attached hydrogen (secondary N) is 1. The Balaban J connectivity index is 1.83. The lowest BCUT2D eigenvalue weighted by Gasteiger charge is -2.30. The number of fused-ring (bicyclic) bond motifs is 1. The molecule has 7 heteroatoms. The number of carbonyl (C=O) groups excluding carboxylic acids is 2. The van der Waals surface area contributed by atoms with Crippen LogP contribution >= 0.6 is 11.3 Å². The zero-order chi connectivity index (χ0) is 21.3. The van der Waals surface area contributed by atoms with E-state index in [0.717, 1.165) is 46.1 Å². The molecule has 0 saturated carbocycles. The average molecular weight is 424 g/mol. The van der Waals surface area contributed by atoms with E-state index in [2.05, 4.69) is 24.1 Å². The number of rotatable bonds is 4. The number of amides is 1. The summed E-state index contributed by atoms with van der Waals surface area (Å²) in [5, 5.41) is 12.4. The van der Waals surface area contributed by atoms with Crippen LogP contribution in [0.4, 0.5) is 5.00 Å². The molecule has 0 spiro atoms. The van der Waals surface area contributed by atoms with E-state index in [0.29, 0.717) is 25.2 Å². The number of benzene rings is 1. The van der Waals surface area contributed by atoms with Crippen LogP contribution < -0.4 is 10.2 Å². The number of nitriles is 1. The van der Waals surface area contributed by atoms with E-state index in [1.165, 1.54) is 0 Å². The maximum atomic E-state index is 12.9. The van der Waals surface area contributed by atoms with Crippen molar-refractivity contribution in [2.45, 2.75) is 26.7 Å². The van der Waals surface area contributed by atoms with Crippen LogP contribution in [0.3, 0.4) is 0 Å². The molecular formula is C23H25N3O3S. The smallest absolute Gasteiger partial charge is 0.252 e. The summed E-state index contributed by atoms with van der Waals surface area (Å²) in [5.74, 6) is -0.0678. The van der Waals surface area contributed by atoms with Crippen molar-refractivity contribution in [2.24, 2.45) is 5.41 Å². The Morgan fingerprint density at radius 1 is 1.30 bits per heavy atom. The first-order valence-corrected chi connectivity index (χ1v) is 11.0. The summed E-state index contributed by atoms with van der Waals surface area (Å²) in [5.41, 5.74) is 3.51. The molecule has 0 radical (unpaired) electrons. The van der Waals surface area contributed by atoms with Gasteiger partial charge in [-0.2, -0.15) is 5.26 Å². The number of ketones is 1. The lowest BCUT2D eigenvalue weighted by molar-refractivity contribution is 0.0916. The number of carbonyl (C=O) groups is 2. The molecule has 1 amide bonds. The molecule has 4 rings (SSSR count). The molecule has 1 aliphatic heterocycles. The fourth-order valence-corrected chi connectivity index (χ4v) is 5.56. The molecule has 2 heterocycles. The molecule has 0 bridgehead atoms. The third-order valence-electron chi connectivity index (χ3n) is 5.58. The van der Waals surface area contributed by atoms with Crippen LogP contribution in [0.5, 0.6) is 0 Å². The van der Waals surface area contributed by atoms with E-state index in [4.69, 9.17) is 10.00 Å². The molecule has 1 aliphatic carbocycles. The topological polar surface area (TPSA) is 82.4 Å².